The number of nitrogens with one attached hydrogen (secondary N) is 2. The van der Waals surface area contributed by atoms with Crippen molar-refractivity contribution in [1.29, 1.82) is 0 Å². The first-order valence-electron chi connectivity index (χ1n) is 6.72. The summed E-state index contributed by atoms with van der Waals surface area (Å²) in [4.78, 5) is 3.61. The van der Waals surface area contributed by atoms with Gasteiger partial charge in [-0.1, -0.05) is 25.5 Å². The Labute approximate surface area is 102 Å². The molecule has 2 N–H and O–H groups in total. The van der Waals surface area contributed by atoms with Gasteiger partial charge in [0.25, 0.3) is 0 Å². The summed E-state index contributed by atoms with van der Waals surface area (Å²) in [7, 11) is 0. The maximum absolute atomic E-state index is 3.61. The quantitative estimate of drug-likeness (QED) is 0.812. The molecule has 3 rings (SSSR count). The molecule has 0 aliphatic carbocycles. The zero-order valence-corrected chi connectivity index (χ0v) is 10.5. The summed E-state index contributed by atoms with van der Waals surface area (Å²) in [6, 6.07) is 6.69. The van der Waals surface area contributed by atoms with Gasteiger partial charge in [0.15, 0.2) is 0 Å². The molecule has 0 bridgehead atoms. The van der Waals surface area contributed by atoms with Crippen LogP contribution in [0, 0.1) is 0 Å². The first-order chi connectivity index (χ1) is 8.40. The molecule has 2 heteroatoms. The number of benzene rings is 1. The molecule has 90 valence electrons. The lowest BCUT2D eigenvalue weighted by Gasteiger charge is -2.04. The van der Waals surface area contributed by atoms with Gasteiger partial charge >= 0.3 is 0 Å². The first kappa shape index (κ1) is 10.8. The lowest BCUT2D eigenvalue weighted by atomic mass is 9.99. The van der Waals surface area contributed by atoms with E-state index in [0.29, 0.717) is 0 Å². The van der Waals surface area contributed by atoms with Crippen LogP contribution in [0.3, 0.4) is 0 Å². The van der Waals surface area contributed by atoms with Crippen LogP contribution in [0.5, 0.6) is 0 Å². The van der Waals surface area contributed by atoms with Crippen LogP contribution in [-0.4, -0.2) is 18.1 Å². The standard InChI is InChI=1S/C15H20N2/c1-2-4-11-5-3-6-14-15(11)12-7-9-16-10-8-13(12)17-14/h3,5-6,16-17H,2,4,7-10H2,1H3. The highest BCUT2D eigenvalue weighted by Gasteiger charge is 2.15. The number of hydrogen-bond donors (Lipinski definition) is 2. The molecule has 17 heavy (non-hydrogen) atoms. The van der Waals surface area contributed by atoms with Crippen LogP contribution < -0.4 is 5.32 Å². The van der Waals surface area contributed by atoms with E-state index in [-0.39, 0.29) is 0 Å². The lowest BCUT2D eigenvalue weighted by molar-refractivity contribution is 0.708. The summed E-state index contributed by atoms with van der Waals surface area (Å²) < 4.78 is 0. The molecule has 1 aliphatic rings. The minimum Gasteiger partial charge on any atom is -0.358 e. The Hall–Kier alpha value is -1.28. The second-order valence-electron chi connectivity index (χ2n) is 4.92. The van der Waals surface area contributed by atoms with E-state index >= 15 is 0 Å². The third-order valence-corrected chi connectivity index (χ3v) is 3.73. The second kappa shape index (κ2) is 4.53. The highest BCUT2D eigenvalue weighted by atomic mass is 14.9. The van der Waals surface area contributed by atoms with Gasteiger partial charge in [0.1, 0.15) is 0 Å². The number of H-pyrrole nitrogens is 1. The summed E-state index contributed by atoms with van der Waals surface area (Å²) in [6.45, 7) is 4.47. The summed E-state index contributed by atoms with van der Waals surface area (Å²) in [5, 5.41) is 4.98. The van der Waals surface area contributed by atoms with E-state index in [1.54, 1.807) is 5.56 Å². The van der Waals surface area contributed by atoms with E-state index < -0.39 is 0 Å². The van der Waals surface area contributed by atoms with Gasteiger partial charge in [-0.3, -0.25) is 0 Å². The van der Waals surface area contributed by atoms with Crippen LogP contribution in [0.25, 0.3) is 10.9 Å². The molecule has 1 aromatic carbocycles. The summed E-state index contributed by atoms with van der Waals surface area (Å²) in [5.74, 6) is 0. The molecular weight excluding hydrogens is 208 g/mol. The van der Waals surface area contributed by atoms with Gasteiger partial charge in [0.2, 0.25) is 0 Å². The average molecular weight is 228 g/mol. The van der Waals surface area contributed by atoms with E-state index in [0.717, 1.165) is 25.9 Å². The molecule has 1 aromatic heterocycles. The van der Waals surface area contributed by atoms with Crippen molar-refractivity contribution in [2.75, 3.05) is 13.1 Å². The molecule has 2 heterocycles. The molecule has 0 radical (unpaired) electrons. The predicted molar refractivity (Wildman–Crippen MR) is 72.6 cm³/mol. The van der Waals surface area contributed by atoms with Crippen molar-refractivity contribution in [3.8, 4) is 0 Å². The minimum absolute atomic E-state index is 1.10. The first-order valence-corrected chi connectivity index (χ1v) is 6.72. The molecule has 0 atom stereocenters. The van der Waals surface area contributed by atoms with Crippen LogP contribution in [0.2, 0.25) is 0 Å². The zero-order chi connectivity index (χ0) is 11.7. The van der Waals surface area contributed by atoms with Crippen molar-refractivity contribution >= 4 is 10.9 Å². The highest BCUT2D eigenvalue weighted by molar-refractivity contribution is 5.88. The Bertz CT molecular complexity index is 525. The number of aromatic amines is 1. The van der Waals surface area contributed by atoms with Crippen molar-refractivity contribution < 1.29 is 0 Å². The van der Waals surface area contributed by atoms with Gasteiger partial charge < -0.3 is 10.3 Å². The number of aromatic nitrogens is 1. The topological polar surface area (TPSA) is 27.8 Å². The van der Waals surface area contributed by atoms with Gasteiger partial charge in [-0.15, -0.1) is 0 Å². The second-order valence-corrected chi connectivity index (χ2v) is 4.92. The maximum atomic E-state index is 3.61. The fourth-order valence-electron chi connectivity index (χ4n) is 2.97. The van der Waals surface area contributed by atoms with Crippen molar-refractivity contribution in [1.82, 2.24) is 10.3 Å². The molecular formula is C15H20N2. The van der Waals surface area contributed by atoms with Crippen molar-refractivity contribution in [2.24, 2.45) is 0 Å². The number of aryl methyl sites for hydroxylation is 1. The fraction of sp³-hybridized carbons (Fsp3) is 0.467. The molecule has 2 aromatic rings. The smallest absolute Gasteiger partial charge is 0.0461 e. The maximum Gasteiger partial charge on any atom is 0.0461 e. The van der Waals surface area contributed by atoms with Crippen LogP contribution in [0.15, 0.2) is 18.2 Å². The van der Waals surface area contributed by atoms with E-state index in [4.69, 9.17) is 0 Å². The molecule has 0 saturated carbocycles. The van der Waals surface area contributed by atoms with Crippen LogP contribution >= 0.6 is 0 Å². The van der Waals surface area contributed by atoms with Crippen molar-refractivity contribution in [3.63, 3.8) is 0 Å². The van der Waals surface area contributed by atoms with Gasteiger partial charge in [-0.25, -0.2) is 0 Å². The van der Waals surface area contributed by atoms with E-state index in [1.807, 2.05) is 0 Å². The molecule has 0 unspecified atom stereocenters. The number of hydrogen-bond acceptors (Lipinski definition) is 1. The summed E-state index contributed by atoms with van der Waals surface area (Å²) >= 11 is 0. The molecule has 0 spiro atoms. The van der Waals surface area contributed by atoms with Gasteiger partial charge in [0.05, 0.1) is 0 Å². The third-order valence-electron chi connectivity index (χ3n) is 3.73. The van der Waals surface area contributed by atoms with Gasteiger partial charge in [-0.05, 0) is 36.6 Å². The van der Waals surface area contributed by atoms with Crippen LogP contribution in [-0.2, 0) is 19.3 Å². The Balaban J connectivity index is 2.19. The molecule has 0 amide bonds. The monoisotopic (exact) mass is 228 g/mol. The average Bonchev–Trinajstić information content (AvgIpc) is 2.54. The van der Waals surface area contributed by atoms with Gasteiger partial charge in [0, 0.05) is 29.6 Å². The van der Waals surface area contributed by atoms with Crippen molar-refractivity contribution in [2.45, 2.75) is 32.6 Å². The highest BCUT2D eigenvalue weighted by Crippen LogP contribution is 2.28. The van der Waals surface area contributed by atoms with E-state index in [9.17, 15) is 0 Å². The lowest BCUT2D eigenvalue weighted by Crippen LogP contribution is -2.16. The molecule has 0 saturated heterocycles. The summed E-state index contributed by atoms with van der Waals surface area (Å²) in [6.07, 6.45) is 4.71. The van der Waals surface area contributed by atoms with Crippen LogP contribution in [0.1, 0.15) is 30.2 Å². The molecule has 0 fully saturated rings. The Morgan fingerprint density at radius 3 is 2.94 bits per heavy atom. The van der Waals surface area contributed by atoms with E-state index in [2.05, 4.69) is 35.4 Å². The SMILES string of the molecule is CCCc1cccc2[nH]c3c(c12)CCNCC3. The minimum atomic E-state index is 1.10. The Kier molecular flexibility index (Phi) is 2.89. The number of rotatable bonds is 2. The molecule has 2 nitrogen and oxygen atoms in total. The van der Waals surface area contributed by atoms with Crippen LogP contribution in [0.4, 0.5) is 0 Å². The van der Waals surface area contributed by atoms with Crippen molar-refractivity contribution in [3.05, 3.63) is 35.0 Å². The number of fused-ring (bicyclic) bond motifs is 3. The van der Waals surface area contributed by atoms with E-state index in [1.165, 1.54) is 35.0 Å². The fourth-order valence-corrected chi connectivity index (χ4v) is 2.97. The third kappa shape index (κ3) is 1.87. The molecule has 1 aliphatic heterocycles. The van der Waals surface area contributed by atoms with Gasteiger partial charge in [-0.2, -0.15) is 0 Å². The summed E-state index contributed by atoms with van der Waals surface area (Å²) in [5.41, 5.74) is 5.87. The zero-order valence-electron chi connectivity index (χ0n) is 10.5. The Morgan fingerprint density at radius 2 is 2.06 bits per heavy atom. The normalized spacial score (nSPS) is 15.8. The Morgan fingerprint density at radius 1 is 1.18 bits per heavy atom. The predicted octanol–water partition coefficient (Wildman–Crippen LogP) is 2.81. The largest absolute Gasteiger partial charge is 0.358 e.